The molecular weight excluding hydrogens is 414 g/mol. The van der Waals surface area contributed by atoms with Gasteiger partial charge in [-0.3, -0.25) is 0 Å². The maximum absolute atomic E-state index is 12.3. The monoisotopic (exact) mass is 437 g/mol. The fourth-order valence-electron chi connectivity index (χ4n) is 3.26. The number of hydrogen-bond donors (Lipinski definition) is 3. The minimum absolute atomic E-state index is 0.359. The highest BCUT2D eigenvalue weighted by Gasteiger charge is 2.12. The Hall–Kier alpha value is -3.29. The van der Waals surface area contributed by atoms with Crippen LogP contribution < -0.4 is 20.9 Å². The fraction of sp³-hybridized carbons (Fsp3) is 0.217. The average molecular weight is 438 g/mol. The summed E-state index contributed by atoms with van der Waals surface area (Å²) in [5, 5.41) is 9.41. The largest absolute Gasteiger partial charge is 0.380 e. The van der Waals surface area contributed by atoms with Gasteiger partial charge in [-0.25, -0.2) is 9.78 Å². The zero-order chi connectivity index (χ0) is 21.5. The molecule has 7 nitrogen and oxygen atoms in total. The van der Waals surface area contributed by atoms with E-state index in [1.807, 2.05) is 48.5 Å². The number of aromatic nitrogens is 1. The summed E-state index contributed by atoms with van der Waals surface area (Å²) in [5.41, 5.74) is 3.18. The molecule has 0 bridgehead atoms. The molecule has 3 aromatic rings. The topological polar surface area (TPSA) is 78.5 Å². The normalized spacial score (nSPS) is 13.5. The molecule has 0 saturated carbocycles. The summed E-state index contributed by atoms with van der Waals surface area (Å²) in [6, 6.07) is 18.8. The summed E-state index contributed by atoms with van der Waals surface area (Å²) in [6.07, 6.45) is 1.65. The van der Waals surface area contributed by atoms with Gasteiger partial charge in [-0.15, -0.1) is 0 Å². The molecule has 31 heavy (non-hydrogen) atoms. The van der Waals surface area contributed by atoms with Gasteiger partial charge in [0, 0.05) is 25.3 Å². The van der Waals surface area contributed by atoms with Crippen LogP contribution in [0.3, 0.4) is 0 Å². The molecule has 1 fully saturated rings. The Balaban J connectivity index is 1.30. The van der Waals surface area contributed by atoms with Crippen LogP contribution in [-0.4, -0.2) is 37.3 Å². The zero-order valence-electron chi connectivity index (χ0n) is 17.0. The van der Waals surface area contributed by atoms with E-state index in [9.17, 15) is 4.79 Å². The van der Waals surface area contributed by atoms with E-state index in [-0.39, 0.29) is 6.03 Å². The SMILES string of the molecule is O=C(Nc1ccc(N2CCOCC2)nc1)Nc1ccc(NCc2ccccc2)c(Cl)c1. The first-order valence-electron chi connectivity index (χ1n) is 10.1. The number of carbonyl (C=O) groups excluding carboxylic acids is 1. The van der Waals surface area contributed by atoms with E-state index < -0.39 is 0 Å². The number of urea groups is 1. The second kappa shape index (κ2) is 10.1. The quantitative estimate of drug-likeness (QED) is 0.515. The van der Waals surface area contributed by atoms with Crippen molar-refractivity contribution < 1.29 is 9.53 Å². The number of anilines is 4. The van der Waals surface area contributed by atoms with Crippen molar-refractivity contribution in [2.45, 2.75) is 6.54 Å². The molecule has 3 N–H and O–H groups in total. The van der Waals surface area contributed by atoms with Gasteiger partial charge in [0.2, 0.25) is 0 Å². The lowest BCUT2D eigenvalue weighted by Crippen LogP contribution is -2.36. The molecule has 1 aliphatic rings. The minimum atomic E-state index is -0.359. The molecule has 4 rings (SSSR count). The number of carbonyl (C=O) groups is 1. The van der Waals surface area contributed by atoms with Gasteiger partial charge < -0.3 is 25.6 Å². The smallest absolute Gasteiger partial charge is 0.323 e. The van der Waals surface area contributed by atoms with E-state index in [2.05, 4.69) is 25.8 Å². The van der Waals surface area contributed by atoms with Crippen LogP contribution in [0.1, 0.15) is 5.56 Å². The van der Waals surface area contributed by atoms with Gasteiger partial charge in [0.1, 0.15) is 5.82 Å². The minimum Gasteiger partial charge on any atom is -0.380 e. The number of rotatable bonds is 6. The number of halogens is 1. The van der Waals surface area contributed by atoms with Gasteiger partial charge in [-0.05, 0) is 35.9 Å². The van der Waals surface area contributed by atoms with Crippen LogP contribution >= 0.6 is 11.6 Å². The summed E-state index contributed by atoms with van der Waals surface area (Å²) in [7, 11) is 0. The highest BCUT2D eigenvalue weighted by atomic mass is 35.5. The maximum atomic E-state index is 12.3. The lowest BCUT2D eigenvalue weighted by Gasteiger charge is -2.27. The molecule has 0 unspecified atom stereocenters. The van der Waals surface area contributed by atoms with Crippen LogP contribution in [0.25, 0.3) is 0 Å². The third-order valence-corrected chi connectivity index (χ3v) is 5.21. The molecule has 1 aliphatic heterocycles. The van der Waals surface area contributed by atoms with Crippen LogP contribution in [-0.2, 0) is 11.3 Å². The number of nitrogens with zero attached hydrogens (tertiary/aromatic N) is 2. The van der Waals surface area contributed by atoms with Crippen molar-refractivity contribution >= 4 is 40.5 Å². The van der Waals surface area contributed by atoms with E-state index >= 15 is 0 Å². The van der Waals surface area contributed by atoms with E-state index in [0.717, 1.165) is 30.2 Å². The van der Waals surface area contributed by atoms with E-state index in [4.69, 9.17) is 16.3 Å². The van der Waals surface area contributed by atoms with E-state index in [0.29, 0.717) is 36.2 Å². The zero-order valence-corrected chi connectivity index (χ0v) is 17.7. The molecule has 0 aliphatic carbocycles. The average Bonchev–Trinajstić information content (AvgIpc) is 2.80. The number of pyridine rings is 1. The van der Waals surface area contributed by atoms with Gasteiger partial charge >= 0.3 is 6.03 Å². The summed E-state index contributed by atoms with van der Waals surface area (Å²) < 4.78 is 5.36. The highest BCUT2D eigenvalue weighted by Crippen LogP contribution is 2.26. The molecule has 2 amide bonds. The van der Waals surface area contributed by atoms with Crippen LogP contribution in [0.15, 0.2) is 66.9 Å². The summed E-state index contributed by atoms with van der Waals surface area (Å²) in [6.45, 7) is 3.70. The highest BCUT2D eigenvalue weighted by molar-refractivity contribution is 6.33. The number of ether oxygens (including phenoxy) is 1. The number of benzene rings is 2. The standard InChI is InChI=1S/C23H24ClN5O2/c24-20-14-18(6-8-21(20)25-15-17-4-2-1-3-5-17)27-23(30)28-19-7-9-22(26-16-19)29-10-12-31-13-11-29/h1-9,14,16,25H,10-13,15H2,(H2,27,28,30). The first-order chi connectivity index (χ1) is 15.2. The van der Waals surface area contributed by atoms with Crippen molar-refractivity contribution in [2.24, 2.45) is 0 Å². The molecular formula is C23H24ClN5O2. The predicted octanol–water partition coefficient (Wildman–Crippen LogP) is 4.83. The molecule has 2 aromatic carbocycles. The van der Waals surface area contributed by atoms with E-state index in [1.54, 1.807) is 18.3 Å². The predicted molar refractivity (Wildman–Crippen MR) is 125 cm³/mol. The summed E-state index contributed by atoms with van der Waals surface area (Å²) in [5.74, 6) is 0.875. The molecule has 8 heteroatoms. The Bertz CT molecular complexity index is 1010. The van der Waals surface area contributed by atoms with E-state index in [1.165, 1.54) is 0 Å². The second-order valence-electron chi connectivity index (χ2n) is 7.12. The van der Waals surface area contributed by atoms with Crippen LogP contribution in [0, 0.1) is 0 Å². The summed E-state index contributed by atoms with van der Waals surface area (Å²) in [4.78, 5) is 18.9. The number of hydrogen-bond acceptors (Lipinski definition) is 5. The van der Waals surface area contributed by atoms with Gasteiger partial charge in [0.15, 0.2) is 0 Å². The molecule has 1 aromatic heterocycles. The molecule has 2 heterocycles. The Labute approximate surface area is 186 Å². The third kappa shape index (κ3) is 5.87. The van der Waals surface area contributed by atoms with Gasteiger partial charge in [-0.1, -0.05) is 41.9 Å². The molecule has 160 valence electrons. The fourth-order valence-corrected chi connectivity index (χ4v) is 3.51. The van der Waals surface area contributed by atoms with Crippen molar-refractivity contribution in [3.05, 3.63) is 77.4 Å². The first-order valence-corrected chi connectivity index (χ1v) is 10.5. The first kappa shape index (κ1) is 21.0. The van der Waals surface area contributed by atoms with Crippen molar-refractivity contribution in [1.82, 2.24) is 4.98 Å². The van der Waals surface area contributed by atoms with Crippen molar-refractivity contribution in [3.63, 3.8) is 0 Å². The molecule has 0 radical (unpaired) electrons. The Morgan fingerprint density at radius 3 is 2.45 bits per heavy atom. The Morgan fingerprint density at radius 2 is 1.74 bits per heavy atom. The van der Waals surface area contributed by atoms with Crippen molar-refractivity contribution in [2.75, 3.05) is 47.2 Å². The molecule has 1 saturated heterocycles. The van der Waals surface area contributed by atoms with Gasteiger partial charge in [0.25, 0.3) is 0 Å². The van der Waals surface area contributed by atoms with Crippen LogP contribution in [0.2, 0.25) is 5.02 Å². The van der Waals surface area contributed by atoms with Crippen LogP contribution in [0.5, 0.6) is 0 Å². The maximum Gasteiger partial charge on any atom is 0.323 e. The van der Waals surface area contributed by atoms with Gasteiger partial charge in [-0.2, -0.15) is 0 Å². The van der Waals surface area contributed by atoms with Crippen molar-refractivity contribution in [3.8, 4) is 0 Å². The number of amides is 2. The Morgan fingerprint density at radius 1 is 1.00 bits per heavy atom. The lowest BCUT2D eigenvalue weighted by molar-refractivity contribution is 0.122. The number of nitrogens with one attached hydrogen (secondary N) is 3. The number of morpholine rings is 1. The summed E-state index contributed by atoms with van der Waals surface area (Å²) >= 11 is 6.37. The van der Waals surface area contributed by atoms with Crippen molar-refractivity contribution in [1.29, 1.82) is 0 Å². The molecule has 0 spiro atoms. The van der Waals surface area contributed by atoms with Crippen LogP contribution in [0.4, 0.5) is 27.7 Å². The third-order valence-electron chi connectivity index (χ3n) is 4.89. The molecule has 0 atom stereocenters. The Kier molecular flexibility index (Phi) is 6.86. The second-order valence-corrected chi connectivity index (χ2v) is 7.52. The van der Waals surface area contributed by atoms with Gasteiger partial charge in [0.05, 0.1) is 35.8 Å². The lowest BCUT2D eigenvalue weighted by atomic mass is 10.2.